The molecule has 0 amide bonds. The van der Waals surface area contributed by atoms with E-state index in [1.165, 1.54) is 64.2 Å². The van der Waals surface area contributed by atoms with E-state index in [1.54, 1.807) is 0 Å². The maximum atomic E-state index is 10.5. The molecule has 0 bridgehead atoms. The summed E-state index contributed by atoms with van der Waals surface area (Å²) in [6.07, 6.45) is 19.5. The van der Waals surface area contributed by atoms with Gasteiger partial charge in [0.15, 0.2) is 0 Å². The van der Waals surface area contributed by atoms with E-state index >= 15 is 0 Å². The van der Waals surface area contributed by atoms with Gasteiger partial charge in [0.1, 0.15) is 0 Å². The Balaban J connectivity index is 1.56. The largest absolute Gasteiger partial charge is 0.481 e. The summed E-state index contributed by atoms with van der Waals surface area (Å²) >= 11 is 0. The highest BCUT2D eigenvalue weighted by Gasteiger charge is 2.22. The predicted molar refractivity (Wildman–Crippen MR) is 91.8 cm³/mol. The van der Waals surface area contributed by atoms with E-state index in [1.807, 2.05) is 0 Å². The zero-order valence-electron chi connectivity index (χ0n) is 14.3. The third kappa shape index (κ3) is 6.54. The SMILES string of the molecule is CC1CCC(CCC2CCC(C=CCCC(=O)O)CC2)CC1. The molecular weight excluding hydrogens is 272 g/mol. The summed E-state index contributed by atoms with van der Waals surface area (Å²) in [7, 11) is 0. The minimum Gasteiger partial charge on any atom is -0.481 e. The lowest BCUT2D eigenvalue weighted by atomic mass is 9.76. The van der Waals surface area contributed by atoms with Gasteiger partial charge in [0.05, 0.1) is 0 Å². The molecule has 2 nitrogen and oxygen atoms in total. The first-order chi connectivity index (χ1) is 10.6. The molecule has 0 atom stereocenters. The molecule has 2 aliphatic carbocycles. The first-order valence-electron chi connectivity index (χ1n) is 9.52. The van der Waals surface area contributed by atoms with E-state index in [9.17, 15) is 4.79 Å². The molecule has 126 valence electrons. The van der Waals surface area contributed by atoms with Gasteiger partial charge in [-0.05, 0) is 55.8 Å². The minimum atomic E-state index is -0.689. The molecule has 0 unspecified atom stereocenters. The highest BCUT2D eigenvalue weighted by atomic mass is 16.4. The van der Waals surface area contributed by atoms with Crippen LogP contribution in [0.3, 0.4) is 0 Å². The molecule has 0 aliphatic heterocycles. The van der Waals surface area contributed by atoms with Gasteiger partial charge in [0.2, 0.25) is 0 Å². The van der Waals surface area contributed by atoms with Crippen LogP contribution < -0.4 is 0 Å². The Morgan fingerprint density at radius 3 is 2.05 bits per heavy atom. The van der Waals surface area contributed by atoms with Gasteiger partial charge in [-0.25, -0.2) is 0 Å². The molecule has 1 N–H and O–H groups in total. The third-order valence-electron chi connectivity index (χ3n) is 5.94. The fourth-order valence-electron chi connectivity index (χ4n) is 4.25. The van der Waals surface area contributed by atoms with Crippen LogP contribution in [0.4, 0.5) is 0 Å². The lowest BCUT2D eigenvalue weighted by Crippen LogP contribution is -2.16. The van der Waals surface area contributed by atoms with Crippen LogP contribution in [0.25, 0.3) is 0 Å². The van der Waals surface area contributed by atoms with Gasteiger partial charge in [-0.15, -0.1) is 0 Å². The van der Waals surface area contributed by atoms with Gasteiger partial charge < -0.3 is 5.11 Å². The van der Waals surface area contributed by atoms with Gasteiger partial charge in [-0.2, -0.15) is 0 Å². The number of hydrogen-bond donors (Lipinski definition) is 1. The van der Waals surface area contributed by atoms with Crippen LogP contribution in [-0.4, -0.2) is 11.1 Å². The molecular formula is C20H34O2. The quantitative estimate of drug-likeness (QED) is 0.602. The molecule has 0 heterocycles. The Hall–Kier alpha value is -0.790. The van der Waals surface area contributed by atoms with Gasteiger partial charge in [-0.1, -0.05) is 57.6 Å². The average Bonchev–Trinajstić information content (AvgIpc) is 2.52. The second-order valence-electron chi connectivity index (χ2n) is 7.84. The zero-order chi connectivity index (χ0) is 15.8. The topological polar surface area (TPSA) is 37.3 Å². The number of allylic oxidation sites excluding steroid dienone is 2. The molecule has 0 saturated heterocycles. The van der Waals surface area contributed by atoms with E-state index in [2.05, 4.69) is 19.1 Å². The lowest BCUT2D eigenvalue weighted by Gasteiger charge is -2.30. The molecule has 2 rings (SSSR count). The Morgan fingerprint density at radius 2 is 1.50 bits per heavy atom. The molecule has 0 aromatic heterocycles. The van der Waals surface area contributed by atoms with E-state index in [0.29, 0.717) is 12.3 Å². The van der Waals surface area contributed by atoms with Gasteiger partial charge in [0, 0.05) is 6.42 Å². The van der Waals surface area contributed by atoms with E-state index in [-0.39, 0.29) is 6.42 Å². The summed E-state index contributed by atoms with van der Waals surface area (Å²) in [5.74, 6) is 2.97. The van der Waals surface area contributed by atoms with Crippen LogP contribution in [0.2, 0.25) is 0 Å². The van der Waals surface area contributed by atoms with Gasteiger partial charge in [0.25, 0.3) is 0 Å². The van der Waals surface area contributed by atoms with Crippen LogP contribution in [0.15, 0.2) is 12.2 Å². The first-order valence-corrected chi connectivity index (χ1v) is 9.52. The minimum absolute atomic E-state index is 0.270. The maximum Gasteiger partial charge on any atom is 0.303 e. The second-order valence-corrected chi connectivity index (χ2v) is 7.84. The number of carboxylic acid groups (broad SMARTS) is 1. The normalized spacial score (nSPS) is 33.1. The summed E-state index contributed by atoms with van der Waals surface area (Å²) in [6, 6.07) is 0. The standard InChI is InChI=1S/C20H34O2/c1-16-6-8-18(9-7-16)14-15-19-12-10-17(11-13-19)4-2-3-5-20(21)22/h2,4,16-19H,3,5-15H2,1H3,(H,21,22). The summed E-state index contributed by atoms with van der Waals surface area (Å²) in [5.41, 5.74) is 0. The molecule has 0 aromatic carbocycles. The highest BCUT2D eigenvalue weighted by molar-refractivity contribution is 5.66. The van der Waals surface area contributed by atoms with Gasteiger partial charge in [-0.3, -0.25) is 4.79 Å². The maximum absolute atomic E-state index is 10.5. The van der Waals surface area contributed by atoms with Crippen molar-refractivity contribution in [2.75, 3.05) is 0 Å². The fourth-order valence-corrected chi connectivity index (χ4v) is 4.25. The third-order valence-corrected chi connectivity index (χ3v) is 5.94. The van der Waals surface area contributed by atoms with Crippen molar-refractivity contribution in [1.29, 1.82) is 0 Å². The highest BCUT2D eigenvalue weighted by Crippen LogP contribution is 2.36. The van der Waals surface area contributed by atoms with Crippen molar-refractivity contribution in [3.63, 3.8) is 0 Å². The van der Waals surface area contributed by atoms with Crippen molar-refractivity contribution in [3.05, 3.63) is 12.2 Å². The van der Waals surface area contributed by atoms with Crippen LogP contribution in [0.1, 0.15) is 84.0 Å². The van der Waals surface area contributed by atoms with E-state index in [4.69, 9.17) is 5.11 Å². The van der Waals surface area contributed by atoms with Crippen molar-refractivity contribution in [2.45, 2.75) is 84.0 Å². The first kappa shape index (κ1) is 17.6. The average molecular weight is 306 g/mol. The molecule has 2 fully saturated rings. The smallest absolute Gasteiger partial charge is 0.303 e. The molecule has 2 heteroatoms. The number of carbonyl (C=O) groups is 1. The monoisotopic (exact) mass is 306 g/mol. The summed E-state index contributed by atoms with van der Waals surface area (Å²) in [6.45, 7) is 2.40. The van der Waals surface area contributed by atoms with Crippen molar-refractivity contribution >= 4 is 5.97 Å². The number of hydrogen-bond acceptors (Lipinski definition) is 1. The lowest BCUT2D eigenvalue weighted by molar-refractivity contribution is -0.136. The molecule has 22 heavy (non-hydrogen) atoms. The summed E-state index contributed by atoms with van der Waals surface area (Å²) < 4.78 is 0. The van der Waals surface area contributed by atoms with E-state index < -0.39 is 5.97 Å². The van der Waals surface area contributed by atoms with Crippen molar-refractivity contribution < 1.29 is 9.90 Å². The summed E-state index contributed by atoms with van der Waals surface area (Å²) in [5, 5.41) is 8.63. The van der Waals surface area contributed by atoms with Crippen molar-refractivity contribution in [3.8, 4) is 0 Å². The van der Waals surface area contributed by atoms with Crippen LogP contribution >= 0.6 is 0 Å². The number of carboxylic acids is 1. The molecule has 2 aliphatic rings. The van der Waals surface area contributed by atoms with Crippen molar-refractivity contribution in [2.24, 2.45) is 23.7 Å². The number of aliphatic carboxylic acids is 1. The van der Waals surface area contributed by atoms with E-state index in [0.717, 1.165) is 17.8 Å². The number of rotatable bonds is 7. The molecule has 2 saturated carbocycles. The Kier molecular flexibility index (Phi) is 7.48. The Labute approximate surface area is 136 Å². The van der Waals surface area contributed by atoms with Crippen molar-refractivity contribution in [1.82, 2.24) is 0 Å². The summed E-state index contributed by atoms with van der Waals surface area (Å²) in [4.78, 5) is 10.5. The predicted octanol–water partition coefficient (Wildman–Crippen LogP) is 5.82. The van der Waals surface area contributed by atoms with Crippen LogP contribution in [0.5, 0.6) is 0 Å². The molecule has 0 radical (unpaired) electrons. The Bertz CT molecular complexity index is 345. The fraction of sp³-hybridized carbons (Fsp3) is 0.850. The van der Waals surface area contributed by atoms with Gasteiger partial charge >= 0.3 is 5.97 Å². The zero-order valence-corrected chi connectivity index (χ0v) is 14.3. The molecule has 0 spiro atoms. The molecule has 0 aromatic rings. The Morgan fingerprint density at radius 1 is 0.955 bits per heavy atom. The second kappa shape index (κ2) is 9.37. The van der Waals surface area contributed by atoms with Crippen LogP contribution in [-0.2, 0) is 4.79 Å². The van der Waals surface area contributed by atoms with Crippen LogP contribution in [0, 0.1) is 23.7 Å².